The summed E-state index contributed by atoms with van der Waals surface area (Å²) in [4.78, 5) is 0. The van der Waals surface area contributed by atoms with E-state index in [0.717, 1.165) is 18.7 Å². The number of nitrogens with zero attached hydrogens (tertiary/aromatic N) is 2. The molecule has 1 aromatic rings. The molecule has 0 saturated heterocycles. The molecule has 0 aliphatic rings. The molecule has 0 bridgehead atoms. The maximum Gasteiger partial charge on any atom is 0.0847 e. The van der Waals surface area contributed by atoms with Gasteiger partial charge in [0.15, 0.2) is 0 Å². The van der Waals surface area contributed by atoms with Crippen LogP contribution in [-0.2, 0) is 7.05 Å². The molecule has 0 atom stereocenters. The lowest BCUT2D eigenvalue weighted by molar-refractivity contribution is 0.764. The van der Waals surface area contributed by atoms with E-state index in [4.69, 9.17) is 0 Å². The van der Waals surface area contributed by atoms with E-state index in [0.29, 0.717) is 0 Å². The van der Waals surface area contributed by atoms with Crippen molar-refractivity contribution in [3.63, 3.8) is 0 Å². The Kier molecular flexibility index (Phi) is 3.54. The normalized spacial score (nSPS) is 11.2. The zero-order valence-corrected chi connectivity index (χ0v) is 7.62. The molecule has 1 heterocycles. The molecule has 0 aliphatic heterocycles. The highest BCUT2D eigenvalue weighted by Crippen LogP contribution is 1.97. The van der Waals surface area contributed by atoms with Crippen molar-refractivity contribution in [3.05, 3.63) is 24.0 Å². The second-order valence-corrected chi connectivity index (χ2v) is 2.71. The van der Waals surface area contributed by atoms with Gasteiger partial charge in [-0.2, -0.15) is 5.10 Å². The van der Waals surface area contributed by atoms with Crippen molar-refractivity contribution in [2.24, 2.45) is 7.05 Å². The molecular weight excluding hydrogens is 150 g/mol. The predicted molar refractivity (Wildman–Crippen MR) is 50.8 cm³/mol. The maximum absolute atomic E-state index is 4.22. The molecule has 66 valence electrons. The summed E-state index contributed by atoms with van der Waals surface area (Å²) in [6, 6.07) is 2.00. The standard InChI is InChI=1S/C9H15N3/c1-10-7-4-3-5-9-6-8-12(2)11-9/h3,5-6,8,10H,4,7H2,1-2H3/b5-3+. The highest BCUT2D eigenvalue weighted by molar-refractivity contribution is 5.43. The van der Waals surface area contributed by atoms with Gasteiger partial charge in [0.1, 0.15) is 0 Å². The van der Waals surface area contributed by atoms with Crippen LogP contribution in [0.25, 0.3) is 6.08 Å². The Labute approximate surface area is 73.1 Å². The summed E-state index contributed by atoms with van der Waals surface area (Å²) < 4.78 is 1.80. The predicted octanol–water partition coefficient (Wildman–Crippen LogP) is 1.04. The Hall–Kier alpha value is -1.09. The van der Waals surface area contributed by atoms with Gasteiger partial charge in [-0.15, -0.1) is 0 Å². The molecule has 3 nitrogen and oxygen atoms in total. The summed E-state index contributed by atoms with van der Waals surface area (Å²) in [6.07, 6.45) is 7.15. The van der Waals surface area contributed by atoms with E-state index in [9.17, 15) is 0 Å². The van der Waals surface area contributed by atoms with Crippen LogP contribution in [0.1, 0.15) is 12.1 Å². The topological polar surface area (TPSA) is 29.9 Å². The Morgan fingerprint density at radius 2 is 2.50 bits per heavy atom. The fraction of sp³-hybridized carbons (Fsp3) is 0.444. The number of hydrogen-bond donors (Lipinski definition) is 1. The summed E-state index contributed by atoms with van der Waals surface area (Å²) in [6.45, 7) is 1.02. The molecule has 1 aromatic heterocycles. The molecular formula is C9H15N3. The summed E-state index contributed by atoms with van der Waals surface area (Å²) in [5.41, 5.74) is 1.02. The van der Waals surface area contributed by atoms with E-state index in [1.54, 1.807) is 4.68 Å². The van der Waals surface area contributed by atoms with Gasteiger partial charge in [0, 0.05) is 13.2 Å². The van der Waals surface area contributed by atoms with Crippen molar-refractivity contribution in [1.82, 2.24) is 15.1 Å². The monoisotopic (exact) mass is 165 g/mol. The fourth-order valence-corrected chi connectivity index (χ4v) is 0.954. The lowest BCUT2D eigenvalue weighted by atomic mass is 10.3. The summed E-state index contributed by atoms with van der Waals surface area (Å²) in [5.74, 6) is 0. The van der Waals surface area contributed by atoms with Gasteiger partial charge >= 0.3 is 0 Å². The minimum Gasteiger partial charge on any atom is -0.319 e. The van der Waals surface area contributed by atoms with E-state index in [1.165, 1.54) is 0 Å². The number of hydrogen-bond acceptors (Lipinski definition) is 2. The lowest BCUT2D eigenvalue weighted by Crippen LogP contribution is -2.05. The Morgan fingerprint density at radius 3 is 3.08 bits per heavy atom. The van der Waals surface area contributed by atoms with Gasteiger partial charge in [-0.1, -0.05) is 6.08 Å². The van der Waals surface area contributed by atoms with E-state index < -0.39 is 0 Å². The van der Waals surface area contributed by atoms with Crippen LogP contribution in [0.2, 0.25) is 0 Å². The number of rotatable bonds is 4. The van der Waals surface area contributed by atoms with Gasteiger partial charge in [-0.05, 0) is 32.2 Å². The summed E-state index contributed by atoms with van der Waals surface area (Å²) in [5, 5.41) is 7.30. The van der Waals surface area contributed by atoms with Crippen LogP contribution in [0, 0.1) is 0 Å². The third kappa shape index (κ3) is 2.88. The van der Waals surface area contributed by atoms with Gasteiger partial charge < -0.3 is 5.32 Å². The molecule has 0 aliphatic carbocycles. The molecule has 0 radical (unpaired) electrons. The first-order valence-electron chi connectivity index (χ1n) is 4.13. The minimum absolute atomic E-state index is 1.02. The van der Waals surface area contributed by atoms with Gasteiger partial charge in [-0.3, -0.25) is 4.68 Å². The van der Waals surface area contributed by atoms with E-state index in [-0.39, 0.29) is 0 Å². The molecule has 0 aromatic carbocycles. The van der Waals surface area contributed by atoms with Crippen molar-refractivity contribution < 1.29 is 0 Å². The van der Waals surface area contributed by atoms with Crippen LogP contribution >= 0.6 is 0 Å². The smallest absolute Gasteiger partial charge is 0.0847 e. The summed E-state index contributed by atoms with van der Waals surface area (Å²) in [7, 11) is 3.87. The van der Waals surface area contributed by atoms with Gasteiger partial charge in [0.2, 0.25) is 0 Å². The highest BCUT2D eigenvalue weighted by Gasteiger charge is 1.88. The molecule has 0 unspecified atom stereocenters. The molecule has 1 N–H and O–H groups in total. The van der Waals surface area contributed by atoms with Crippen LogP contribution in [0.3, 0.4) is 0 Å². The van der Waals surface area contributed by atoms with Crippen LogP contribution in [0.15, 0.2) is 18.3 Å². The molecule has 0 amide bonds. The van der Waals surface area contributed by atoms with Crippen LogP contribution in [-0.4, -0.2) is 23.4 Å². The first-order chi connectivity index (χ1) is 5.83. The zero-order chi connectivity index (χ0) is 8.81. The summed E-state index contributed by atoms with van der Waals surface area (Å²) >= 11 is 0. The van der Waals surface area contributed by atoms with Crippen molar-refractivity contribution in [3.8, 4) is 0 Å². The zero-order valence-electron chi connectivity index (χ0n) is 7.62. The largest absolute Gasteiger partial charge is 0.319 e. The van der Waals surface area contributed by atoms with E-state index in [2.05, 4.69) is 16.5 Å². The average molecular weight is 165 g/mol. The Morgan fingerprint density at radius 1 is 1.67 bits per heavy atom. The first-order valence-corrected chi connectivity index (χ1v) is 4.13. The van der Waals surface area contributed by atoms with Crippen molar-refractivity contribution in [2.45, 2.75) is 6.42 Å². The lowest BCUT2D eigenvalue weighted by Gasteiger charge is -1.89. The average Bonchev–Trinajstić information content (AvgIpc) is 2.45. The third-order valence-electron chi connectivity index (χ3n) is 1.58. The number of aryl methyl sites for hydroxylation is 1. The Balaban J connectivity index is 2.36. The number of aromatic nitrogens is 2. The third-order valence-corrected chi connectivity index (χ3v) is 1.58. The molecule has 12 heavy (non-hydrogen) atoms. The van der Waals surface area contributed by atoms with Crippen molar-refractivity contribution in [2.75, 3.05) is 13.6 Å². The van der Waals surface area contributed by atoms with Gasteiger partial charge in [-0.25, -0.2) is 0 Å². The quantitative estimate of drug-likeness (QED) is 0.676. The molecule has 0 saturated carbocycles. The van der Waals surface area contributed by atoms with Crippen LogP contribution < -0.4 is 5.32 Å². The van der Waals surface area contributed by atoms with Gasteiger partial charge in [0.25, 0.3) is 0 Å². The van der Waals surface area contributed by atoms with Crippen LogP contribution in [0.5, 0.6) is 0 Å². The van der Waals surface area contributed by atoms with E-state index >= 15 is 0 Å². The maximum atomic E-state index is 4.22. The molecule has 3 heteroatoms. The molecule has 0 spiro atoms. The molecule has 1 rings (SSSR count). The first kappa shape index (κ1) is 9.00. The SMILES string of the molecule is CNCC/C=C/c1ccn(C)n1. The van der Waals surface area contributed by atoms with Crippen LogP contribution in [0.4, 0.5) is 0 Å². The fourth-order valence-electron chi connectivity index (χ4n) is 0.954. The van der Waals surface area contributed by atoms with Crippen molar-refractivity contribution in [1.29, 1.82) is 0 Å². The second-order valence-electron chi connectivity index (χ2n) is 2.71. The minimum atomic E-state index is 1.02. The van der Waals surface area contributed by atoms with Crippen molar-refractivity contribution >= 4 is 6.08 Å². The molecule has 0 fully saturated rings. The number of nitrogens with one attached hydrogen (secondary N) is 1. The van der Waals surface area contributed by atoms with Gasteiger partial charge in [0.05, 0.1) is 5.69 Å². The highest BCUT2D eigenvalue weighted by atomic mass is 15.2. The second kappa shape index (κ2) is 4.72. The van der Waals surface area contributed by atoms with E-state index in [1.807, 2.05) is 32.4 Å². The Bertz CT molecular complexity index is 250.